The van der Waals surface area contributed by atoms with Crippen LogP contribution in [0.15, 0.2) is 48.1 Å². The minimum atomic E-state index is -2.45. The molecule has 0 bridgehead atoms. The van der Waals surface area contributed by atoms with E-state index in [2.05, 4.69) is 0 Å². The summed E-state index contributed by atoms with van der Waals surface area (Å²) in [5.41, 5.74) is -2.67. The molecule has 0 aromatic heterocycles. The molecule has 2 atom stereocenters. The fraction of sp³-hybridized carbons (Fsp3) is 0.435. The number of ketones is 1. The molecule has 1 spiro atoms. The van der Waals surface area contributed by atoms with Crippen LogP contribution in [0.3, 0.4) is 0 Å². The number of rotatable bonds is 3. The lowest BCUT2D eigenvalue weighted by atomic mass is 9.71. The molecule has 1 aliphatic heterocycles. The van der Waals surface area contributed by atoms with Gasteiger partial charge in [-0.25, -0.2) is 9.59 Å². The van der Waals surface area contributed by atoms with Crippen molar-refractivity contribution < 1.29 is 33.3 Å². The molecule has 0 saturated carbocycles. The number of hydrogen-bond donors (Lipinski definition) is 0. The topological polar surface area (TPSA) is 88.1 Å². The van der Waals surface area contributed by atoms with E-state index in [4.69, 9.17) is 18.9 Å². The van der Waals surface area contributed by atoms with Crippen LogP contribution in [0, 0.1) is 12.3 Å². The van der Waals surface area contributed by atoms with Gasteiger partial charge in [-0.3, -0.25) is 4.79 Å². The summed E-state index contributed by atoms with van der Waals surface area (Å²) < 4.78 is 21.9. The van der Waals surface area contributed by atoms with Crippen LogP contribution < -0.4 is 0 Å². The Morgan fingerprint density at radius 3 is 2.03 bits per heavy atom. The van der Waals surface area contributed by atoms with Gasteiger partial charge in [-0.2, -0.15) is 0 Å². The molecule has 2 aliphatic rings. The summed E-state index contributed by atoms with van der Waals surface area (Å²) >= 11 is 0. The zero-order chi connectivity index (χ0) is 22.3. The van der Waals surface area contributed by atoms with E-state index < -0.39 is 40.6 Å². The first-order valence-corrected chi connectivity index (χ1v) is 9.56. The predicted molar refractivity (Wildman–Crippen MR) is 107 cm³/mol. The number of esters is 2. The van der Waals surface area contributed by atoms with Gasteiger partial charge >= 0.3 is 17.5 Å². The minimum Gasteiger partial charge on any atom is -0.466 e. The molecule has 1 heterocycles. The van der Waals surface area contributed by atoms with Crippen LogP contribution in [0.2, 0.25) is 0 Å². The highest BCUT2D eigenvalue weighted by Crippen LogP contribution is 2.51. The van der Waals surface area contributed by atoms with Crippen molar-refractivity contribution in [3.05, 3.63) is 59.2 Å². The zero-order valence-corrected chi connectivity index (χ0v) is 18.0. The van der Waals surface area contributed by atoms with Crippen LogP contribution in [-0.4, -0.2) is 43.1 Å². The SMILES string of the molecule is COC(=O)C1(C(=O)OC)O[C@H](c2ccc(C)cc2)O[C@]12C=C(C(C)(C)C)C=CC2=O. The van der Waals surface area contributed by atoms with Gasteiger partial charge in [0.05, 0.1) is 14.2 Å². The van der Waals surface area contributed by atoms with Crippen molar-refractivity contribution in [2.75, 3.05) is 14.2 Å². The van der Waals surface area contributed by atoms with Crippen molar-refractivity contribution in [1.82, 2.24) is 0 Å². The third-order valence-corrected chi connectivity index (χ3v) is 5.40. The van der Waals surface area contributed by atoms with Crippen LogP contribution in [0.25, 0.3) is 0 Å². The second-order valence-corrected chi connectivity index (χ2v) is 8.43. The molecule has 0 radical (unpaired) electrons. The zero-order valence-electron chi connectivity index (χ0n) is 18.0. The predicted octanol–water partition coefficient (Wildman–Crippen LogP) is 2.98. The fourth-order valence-electron chi connectivity index (χ4n) is 3.62. The first-order chi connectivity index (χ1) is 14.0. The lowest BCUT2D eigenvalue weighted by Crippen LogP contribution is -2.66. The fourth-order valence-corrected chi connectivity index (χ4v) is 3.62. The van der Waals surface area contributed by atoms with Crippen molar-refractivity contribution in [3.63, 3.8) is 0 Å². The van der Waals surface area contributed by atoms with E-state index in [9.17, 15) is 14.4 Å². The van der Waals surface area contributed by atoms with Crippen molar-refractivity contribution >= 4 is 17.7 Å². The second-order valence-electron chi connectivity index (χ2n) is 8.43. The Kier molecular flexibility index (Phi) is 5.47. The summed E-state index contributed by atoms with van der Waals surface area (Å²) in [5, 5.41) is 0. The first kappa shape index (κ1) is 21.9. The van der Waals surface area contributed by atoms with Crippen LogP contribution in [-0.2, 0) is 33.3 Å². The maximum atomic E-state index is 13.2. The lowest BCUT2D eigenvalue weighted by molar-refractivity contribution is -0.190. The molecule has 3 rings (SSSR count). The van der Waals surface area contributed by atoms with Crippen LogP contribution >= 0.6 is 0 Å². The number of carbonyl (C=O) groups excluding carboxylic acids is 3. The molecule has 30 heavy (non-hydrogen) atoms. The van der Waals surface area contributed by atoms with Gasteiger partial charge in [0.25, 0.3) is 0 Å². The third kappa shape index (κ3) is 3.18. The molecule has 1 saturated heterocycles. The van der Waals surface area contributed by atoms with E-state index in [1.807, 2.05) is 39.8 Å². The first-order valence-electron chi connectivity index (χ1n) is 9.56. The van der Waals surface area contributed by atoms with E-state index >= 15 is 0 Å². The summed E-state index contributed by atoms with van der Waals surface area (Å²) in [5.74, 6) is -2.75. The molecular weight excluding hydrogens is 388 g/mol. The summed E-state index contributed by atoms with van der Waals surface area (Å²) in [6.07, 6.45) is 3.26. The van der Waals surface area contributed by atoms with Crippen molar-refractivity contribution in [2.45, 2.75) is 45.2 Å². The van der Waals surface area contributed by atoms with Gasteiger partial charge in [-0.1, -0.05) is 56.7 Å². The highest BCUT2D eigenvalue weighted by atomic mass is 16.8. The Hall–Kier alpha value is -2.77. The normalized spacial score (nSPS) is 25.2. The maximum absolute atomic E-state index is 13.2. The lowest BCUT2D eigenvalue weighted by Gasteiger charge is -2.37. The van der Waals surface area contributed by atoms with Gasteiger partial charge in [0.15, 0.2) is 12.1 Å². The van der Waals surface area contributed by atoms with Gasteiger partial charge < -0.3 is 18.9 Å². The molecule has 7 nitrogen and oxygen atoms in total. The van der Waals surface area contributed by atoms with Crippen molar-refractivity contribution in [2.24, 2.45) is 5.41 Å². The molecule has 1 fully saturated rings. The maximum Gasteiger partial charge on any atom is 0.354 e. The van der Waals surface area contributed by atoms with Crippen LogP contribution in [0.4, 0.5) is 0 Å². The molecule has 1 aromatic rings. The molecule has 1 aliphatic carbocycles. The van der Waals surface area contributed by atoms with Crippen molar-refractivity contribution in [3.8, 4) is 0 Å². The smallest absolute Gasteiger partial charge is 0.354 e. The summed E-state index contributed by atoms with van der Waals surface area (Å²) in [7, 11) is 2.22. The van der Waals surface area contributed by atoms with Gasteiger partial charge in [0.1, 0.15) is 0 Å². The van der Waals surface area contributed by atoms with Gasteiger partial charge in [0, 0.05) is 5.56 Å². The molecule has 0 unspecified atom stereocenters. The molecular formula is C23H26O7. The van der Waals surface area contributed by atoms with Gasteiger partial charge in [-0.15, -0.1) is 0 Å². The Morgan fingerprint density at radius 2 is 1.53 bits per heavy atom. The van der Waals surface area contributed by atoms with Gasteiger partial charge in [0.2, 0.25) is 5.60 Å². The Morgan fingerprint density at radius 1 is 0.967 bits per heavy atom. The number of benzene rings is 1. The Balaban J connectivity index is 2.27. The summed E-state index contributed by atoms with van der Waals surface area (Å²) in [6, 6.07) is 7.17. The largest absolute Gasteiger partial charge is 0.466 e. The van der Waals surface area contributed by atoms with Crippen LogP contribution in [0.1, 0.15) is 38.2 Å². The van der Waals surface area contributed by atoms with Crippen molar-refractivity contribution in [1.29, 1.82) is 0 Å². The van der Waals surface area contributed by atoms with E-state index in [0.29, 0.717) is 11.1 Å². The number of allylic oxidation sites excluding steroid dienone is 2. The number of aryl methyl sites for hydroxylation is 1. The average Bonchev–Trinajstić information content (AvgIpc) is 3.05. The summed E-state index contributed by atoms with van der Waals surface area (Å²) in [4.78, 5) is 39.2. The summed E-state index contributed by atoms with van der Waals surface area (Å²) in [6.45, 7) is 7.75. The monoisotopic (exact) mass is 414 g/mol. The Labute approximate surface area is 175 Å². The van der Waals surface area contributed by atoms with Gasteiger partial charge in [-0.05, 0) is 30.1 Å². The highest BCUT2D eigenvalue weighted by Gasteiger charge is 2.75. The molecule has 7 heteroatoms. The van der Waals surface area contributed by atoms with E-state index in [-0.39, 0.29) is 0 Å². The number of methoxy groups -OCH3 is 2. The third-order valence-electron chi connectivity index (χ3n) is 5.40. The Bertz CT molecular complexity index is 917. The second kappa shape index (κ2) is 7.49. The molecule has 0 N–H and O–H groups in total. The van der Waals surface area contributed by atoms with E-state index in [0.717, 1.165) is 19.8 Å². The quantitative estimate of drug-likeness (QED) is 0.555. The number of carbonyl (C=O) groups is 3. The average molecular weight is 414 g/mol. The standard InChI is InChI=1S/C23H26O7/c1-14-7-9-15(10-8-14)18-29-22(13-16(21(2,3)4)11-12-17(22)24)23(30-18,19(25)27-5)20(26)28-6/h7-13,18H,1-6H3/t18-,22+/m1/s1. The molecule has 0 amide bonds. The number of hydrogen-bond acceptors (Lipinski definition) is 7. The van der Waals surface area contributed by atoms with E-state index in [1.165, 1.54) is 12.2 Å². The van der Waals surface area contributed by atoms with Crippen LogP contribution in [0.5, 0.6) is 0 Å². The molecule has 1 aromatic carbocycles. The molecule has 160 valence electrons. The van der Waals surface area contributed by atoms with E-state index in [1.54, 1.807) is 18.2 Å². The highest BCUT2D eigenvalue weighted by molar-refractivity contribution is 6.16. The minimum absolute atomic E-state index is 0.395. The number of ether oxygens (including phenoxy) is 4.